The molecule has 0 aromatic rings. The Balaban J connectivity index is 2.64. The molecule has 0 aliphatic heterocycles. The summed E-state index contributed by atoms with van der Waals surface area (Å²) >= 11 is 0. The number of hydrogen-bond donors (Lipinski definition) is 2. The molecule has 1 rings (SSSR count). The number of halogens is 3. The van der Waals surface area contributed by atoms with Gasteiger partial charge in [0.25, 0.3) is 0 Å². The summed E-state index contributed by atoms with van der Waals surface area (Å²) < 4.78 is 41.5. The van der Waals surface area contributed by atoms with Crippen LogP contribution in [0, 0.1) is 5.41 Å². The first-order chi connectivity index (χ1) is 8.04. The number of carbonyl (C=O) groups is 1. The Morgan fingerprint density at radius 1 is 1.50 bits per heavy atom. The highest BCUT2D eigenvalue weighted by molar-refractivity contribution is 5.88. The molecule has 0 radical (unpaired) electrons. The molecule has 0 bridgehead atoms. The lowest BCUT2D eigenvalue weighted by molar-refractivity contribution is -0.175. The summed E-state index contributed by atoms with van der Waals surface area (Å²) in [6, 6.07) is 0. The molecule has 7 heteroatoms. The molecule has 1 fully saturated rings. The first kappa shape index (κ1) is 15.2. The van der Waals surface area contributed by atoms with E-state index in [1.54, 1.807) is 13.8 Å². The summed E-state index contributed by atoms with van der Waals surface area (Å²) in [5.74, 6) is -0.777. The van der Waals surface area contributed by atoms with Crippen LogP contribution in [0.4, 0.5) is 13.2 Å². The van der Waals surface area contributed by atoms with Gasteiger partial charge in [-0.25, -0.2) is 0 Å². The lowest BCUT2D eigenvalue weighted by Crippen LogP contribution is -2.76. The number of amides is 1. The van der Waals surface area contributed by atoms with Crippen LogP contribution in [0.25, 0.3) is 0 Å². The lowest BCUT2D eigenvalue weighted by Gasteiger charge is -2.57. The highest BCUT2D eigenvalue weighted by Crippen LogP contribution is 2.49. The molecule has 0 heterocycles. The van der Waals surface area contributed by atoms with E-state index < -0.39 is 29.6 Å². The molecule has 18 heavy (non-hydrogen) atoms. The number of nitrogens with two attached hydrogens (primary N) is 1. The Morgan fingerprint density at radius 2 is 2.06 bits per heavy atom. The molecule has 0 aromatic heterocycles. The second-order valence-corrected chi connectivity index (χ2v) is 5.14. The van der Waals surface area contributed by atoms with Crippen LogP contribution in [0.5, 0.6) is 0 Å². The second kappa shape index (κ2) is 4.70. The third-order valence-corrected chi connectivity index (χ3v) is 3.68. The highest BCUT2D eigenvalue weighted by Gasteiger charge is 2.63. The lowest BCUT2D eigenvalue weighted by atomic mass is 9.54. The average molecular weight is 268 g/mol. The van der Waals surface area contributed by atoms with Crippen molar-refractivity contribution in [3.05, 3.63) is 0 Å². The molecule has 0 saturated heterocycles. The van der Waals surface area contributed by atoms with Gasteiger partial charge in [-0.1, -0.05) is 13.8 Å². The fourth-order valence-corrected chi connectivity index (χ4v) is 2.16. The number of hydrogen-bond acceptors (Lipinski definition) is 3. The maximum atomic E-state index is 12.0. The summed E-state index contributed by atoms with van der Waals surface area (Å²) in [5, 5.41) is 1.84. The Bertz CT molecular complexity index is 331. The van der Waals surface area contributed by atoms with Crippen molar-refractivity contribution < 1.29 is 22.7 Å². The van der Waals surface area contributed by atoms with Crippen molar-refractivity contribution in [2.45, 2.75) is 45.0 Å². The first-order valence-corrected chi connectivity index (χ1v) is 5.80. The van der Waals surface area contributed by atoms with Crippen LogP contribution in [0.15, 0.2) is 0 Å². The van der Waals surface area contributed by atoms with E-state index >= 15 is 0 Å². The molecule has 1 aliphatic carbocycles. The van der Waals surface area contributed by atoms with Gasteiger partial charge in [0, 0.05) is 18.4 Å². The van der Waals surface area contributed by atoms with Gasteiger partial charge in [0.15, 0.2) is 0 Å². The SMILES string of the molecule is CCOC1CC(N)(C(=O)NCC(F)(F)F)C1(C)C. The van der Waals surface area contributed by atoms with Crippen LogP contribution in [0.2, 0.25) is 0 Å². The number of nitrogens with one attached hydrogen (secondary N) is 1. The molecule has 4 nitrogen and oxygen atoms in total. The predicted octanol–water partition coefficient (Wildman–Crippen LogP) is 1.20. The van der Waals surface area contributed by atoms with Crippen LogP contribution >= 0.6 is 0 Å². The zero-order valence-corrected chi connectivity index (χ0v) is 10.7. The summed E-state index contributed by atoms with van der Waals surface area (Å²) in [6.45, 7) is 4.39. The molecular weight excluding hydrogens is 249 g/mol. The minimum atomic E-state index is -4.43. The van der Waals surface area contributed by atoms with E-state index in [1.165, 1.54) is 0 Å². The van der Waals surface area contributed by atoms with Gasteiger partial charge in [0.1, 0.15) is 12.1 Å². The van der Waals surface area contributed by atoms with Crippen LogP contribution in [0.1, 0.15) is 27.2 Å². The summed E-state index contributed by atoms with van der Waals surface area (Å²) in [6.07, 6.45) is -4.40. The monoisotopic (exact) mass is 268 g/mol. The predicted molar refractivity (Wildman–Crippen MR) is 59.8 cm³/mol. The number of rotatable bonds is 4. The Morgan fingerprint density at radius 3 is 2.44 bits per heavy atom. The molecule has 1 aliphatic rings. The Kier molecular flexibility index (Phi) is 3.97. The van der Waals surface area contributed by atoms with Crippen LogP contribution in [-0.4, -0.2) is 36.9 Å². The summed E-state index contributed by atoms with van der Waals surface area (Å²) in [7, 11) is 0. The Labute approximate surface area is 104 Å². The molecule has 106 valence electrons. The maximum Gasteiger partial charge on any atom is 0.405 e. The zero-order valence-electron chi connectivity index (χ0n) is 10.7. The number of ether oxygens (including phenoxy) is 1. The van der Waals surface area contributed by atoms with Crippen molar-refractivity contribution in [1.29, 1.82) is 0 Å². The van der Waals surface area contributed by atoms with E-state index in [4.69, 9.17) is 10.5 Å². The van der Waals surface area contributed by atoms with Crippen molar-refractivity contribution in [2.75, 3.05) is 13.2 Å². The van der Waals surface area contributed by atoms with Gasteiger partial charge < -0.3 is 15.8 Å². The molecule has 2 atom stereocenters. The van der Waals surface area contributed by atoms with E-state index in [2.05, 4.69) is 0 Å². The molecule has 1 saturated carbocycles. The van der Waals surface area contributed by atoms with Gasteiger partial charge >= 0.3 is 6.18 Å². The van der Waals surface area contributed by atoms with Gasteiger partial charge in [-0.05, 0) is 6.92 Å². The maximum absolute atomic E-state index is 12.0. The fraction of sp³-hybridized carbons (Fsp3) is 0.909. The smallest absolute Gasteiger partial charge is 0.378 e. The minimum absolute atomic E-state index is 0.205. The number of alkyl halides is 3. The normalized spacial score (nSPS) is 30.7. The third-order valence-electron chi connectivity index (χ3n) is 3.68. The van der Waals surface area contributed by atoms with Crippen molar-refractivity contribution in [3.63, 3.8) is 0 Å². The second-order valence-electron chi connectivity index (χ2n) is 5.14. The van der Waals surface area contributed by atoms with Gasteiger partial charge in [-0.3, -0.25) is 4.79 Å². The molecule has 3 N–H and O–H groups in total. The van der Waals surface area contributed by atoms with E-state index in [1.807, 2.05) is 12.2 Å². The van der Waals surface area contributed by atoms with Crippen LogP contribution in [0.3, 0.4) is 0 Å². The molecular formula is C11H19F3N2O2. The van der Waals surface area contributed by atoms with Crippen molar-refractivity contribution in [3.8, 4) is 0 Å². The van der Waals surface area contributed by atoms with Gasteiger partial charge in [-0.2, -0.15) is 13.2 Å². The van der Waals surface area contributed by atoms with Crippen molar-refractivity contribution in [2.24, 2.45) is 11.1 Å². The van der Waals surface area contributed by atoms with Crippen LogP contribution < -0.4 is 11.1 Å². The summed E-state index contributed by atoms with van der Waals surface area (Å²) in [4.78, 5) is 11.8. The van der Waals surface area contributed by atoms with Gasteiger partial charge in [0.05, 0.1) is 6.10 Å². The molecule has 0 spiro atoms. The van der Waals surface area contributed by atoms with Gasteiger partial charge in [0.2, 0.25) is 5.91 Å². The van der Waals surface area contributed by atoms with Crippen molar-refractivity contribution in [1.82, 2.24) is 5.32 Å². The topological polar surface area (TPSA) is 64.3 Å². The molecule has 0 aromatic carbocycles. The summed E-state index contributed by atoms with van der Waals surface area (Å²) in [5.41, 5.74) is 3.93. The highest BCUT2D eigenvalue weighted by atomic mass is 19.4. The quantitative estimate of drug-likeness (QED) is 0.805. The average Bonchev–Trinajstić information content (AvgIpc) is 2.24. The number of carbonyl (C=O) groups excluding carboxylic acids is 1. The van der Waals surface area contributed by atoms with Crippen LogP contribution in [-0.2, 0) is 9.53 Å². The van der Waals surface area contributed by atoms with E-state index in [-0.39, 0.29) is 12.5 Å². The van der Waals surface area contributed by atoms with E-state index in [0.29, 0.717) is 6.61 Å². The van der Waals surface area contributed by atoms with Gasteiger partial charge in [-0.15, -0.1) is 0 Å². The molecule has 1 amide bonds. The third kappa shape index (κ3) is 2.61. The van der Waals surface area contributed by atoms with E-state index in [9.17, 15) is 18.0 Å². The van der Waals surface area contributed by atoms with Crippen molar-refractivity contribution >= 4 is 5.91 Å². The first-order valence-electron chi connectivity index (χ1n) is 5.80. The minimum Gasteiger partial charge on any atom is -0.378 e. The largest absolute Gasteiger partial charge is 0.405 e. The Hall–Kier alpha value is -0.820. The van der Waals surface area contributed by atoms with E-state index in [0.717, 1.165) is 0 Å². The fourth-order valence-electron chi connectivity index (χ4n) is 2.16. The zero-order chi connectivity index (χ0) is 14.2. The molecule has 2 unspecified atom stereocenters. The standard InChI is InChI=1S/C11H19F3N2O2/c1-4-18-7-5-10(15,9(7,2)3)8(17)16-6-11(12,13)14/h7H,4-6,15H2,1-3H3,(H,16,17).